The normalized spacial score (nSPS) is 24.0. The third kappa shape index (κ3) is 2.45. The lowest BCUT2D eigenvalue weighted by Crippen LogP contribution is -2.16. The molecule has 2 heterocycles. The highest BCUT2D eigenvalue weighted by molar-refractivity contribution is 6.15. The van der Waals surface area contributed by atoms with Gasteiger partial charge in [0.1, 0.15) is 6.17 Å². The van der Waals surface area contributed by atoms with Gasteiger partial charge in [0.15, 0.2) is 0 Å². The second kappa shape index (κ2) is 5.64. The van der Waals surface area contributed by atoms with Crippen LogP contribution in [0.4, 0.5) is 4.39 Å². The number of halogens is 1. The molecule has 0 bridgehead atoms. The molecular weight excluding hydrogens is 275 g/mol. The predicted octanol–water partition coefficient (Wildman–Crippen LogP) is 4.43. The third-order valence-electron chi connectivity index (χ3n) is 4.76. The number of aromatic nitrogens is 1. The third-order valence-corrected chi connectivity index (χ3v) is 4.76. The summed E-state index contributed by atoms with van der Waals surface area (Å²) in [6.45, 7) is 0.749. The molecule has 0 spiro atoms. The van der Waals surface area contributed by atoms with Crippen molar-refractivity contribution in [2.24, 2.45) is 4.99 Å². The highest BCUT2D eigenvalue weighted by Crippen LogP contribution is 2.34. The summed E-state index contributed by atoms with van der Waals surface area (Å²) in [5.41, 5.74) is 5.67. The Morgan fingerprint density at radius 2 is 2.00 bits per heavy atom. The van der Waals surface area contributed by atoms with Gasteiger partial charge in [-0.2, -0.15) is 0 Å². The molecular formula is C19H19FN2. The van der Waals surface area contributed by atoms with Gasteiger partial charge in [0.05, 0.1) is 12.3 Å². The molecule has 112 valence electrons. The zero-order valence-electron chi connectivity index (χ0n) is 12.5. The fraction of sp³-hybridized carbons (Fsp3) is 0.368. The van der Waals surface area contributed by atoms with Crippen molar-refractivity contribution in [2.45, 2.75) is 44.3 Å². The number of nitrogens with zero attached hydrogens (tertiary/aromatic N) is 2. The van der Waals surface area contributed by atoms with Gasteiger partial charge in [-0.15, -0.1) is 0 Å². The van der Waals surface area contributed by atoms with Crippen LogP contribution < -0.4 is 0 Å². The average molecular weight is 294 g/mol. The molecule has 2 nitrogen and oxygen atoms in total. The smallest absolute Gasteiger partial charge is 0.101 e. The van der Waals surface area contributed by atoms with Crippen molar-refractivity contribution in [2.75, 3.05) is 0 Å². The summed E-state index contributed by atoms with van der Waals surface area (Å²) in [6.07, 6.45) is 4.49. The number of alkyl halides is 1. The zero-order valence-corrected chi connectivity index (χ0v) is 12.5. The highest BCUT2D eigenvalue weighted by atomic mass is 19.1. The number of rotatable bonds is 2. The van der Waals surface area contributed by atoms with E-state index in [9.17, 15) is 4.39 Å². The van der Waals surface area contributed by atoms with Gasteiger partial charge >= 0.3 is 0 Å². The van der Waals surface area contributed by atoms with Crippen LogP contribution in [0.1, 0.15) is 54.0 Å². The maximum absolute atomic E-state index is 13.7. The summed E-state index contributed by atoms with van der Waals surface area (Å²) in [5, 5.41) is 0. The van der Waals surface area contributed by atoms with Crippen LogP contribution >= 0.6 is 0 Å². The van der Waals surface area contributed by atoms with Gasteiger partial charge in [-0.25, -0.2) is 4.39 Å². The van der Waals surface area contributed by atoms with Crippen molar-refractivity contribution in [1.29, 1.82) is 0 Å². The average Bonchev–Trinajstić information content (AvgIpc) is 2.99. The number of hydrogen-bond donors (Lipinski definition) is 0. The van der Waals surface area contributed by atoms with Crippen LogP contribution in [0.25, 0.3) is 0 Å². The first kappa shape index (κ1) is 13.6. The summed E-state index contributed by atoms with van der Waals surface area (Å²) < 4.78 is 13.7. The van der Waals surface area contributed by atoms with Crippen molar-refractivity contribution >= 4 is 5.71 Å². The second-order valence-corrected chi connectivity index (χ2v) is 6.25. The fourth-order valence-corrected chi connectivity index (χ4v) is 3.60. The van der Waals surface area contributed by atoms with Gasteiger partial charge in [-0.3, -0.25) is 9.98 Å². The number of hydrogen-bond acceptors (Lipinski definition) is 2. The molecule has 1 saturated carbocycles. The highest BCUT2D eigenvalue weighted by Gasteiger charge is 2.25. The van der Waals surface area contributed by atoms with E-state index in [4.69, 9.17) is 0 Å². The Balaban J connectivity index is 1.66. The van der Waals surface area contributed by atoms with E-state index in [1.54, 1.807) is 0 Å². The Morgan fingerprint density at radius 3 is 2.91 bits per heavy atom. The lowest BCUT2D eigenvalue weighted by atomic mass is 9.85. The minimum Gasteiger partial charge on any atom is -0.279 e. The molecule has 1 aliphatic heterocycles. The van der Waals surface area contributed by atoms with E-state index in [0.29, 0.717) is 12.8 Å². The van der Waals surface area contributed by atoms with Gasteiger partial charge in [0, 0.05) is 28.9 Å². The Hall–Kier alpha value is -2.03. The fourth-order valence-electron chi connectivity index (χ4n) is 3.60. The predicted molar refractivity (Wildman–Crippen MR) is 86.1 cm³/mol. The molecule has 1 aliphatic carbocycles. The first-order valence-corrected chi connectivity index (χ1v) is 8.04. The van der Waals surface area contributed by atoms with Crippen LogP contribution in [0, 0.1) is 0 Å². The molecule has 1 aromatic carbocycles. The molecule has 4 rings (SSSR count). The van der Waals surface area contributed by atoms with Gasteiger partial charge in [0.2, 0.25) is 0 Å². The first-order valence-electron chi connectivity index (χ1n) is 8.04. The Labute approximate surface area is 130 Å². The van der Waals surface area contributed by atoms with Gasteiger partial charge in [-0.1, -0.05) is 24.3 Å². The maximum Gasteiger partial charge on any atom is 0.101 e. The monoisotopic (exact) mass is 294 g/mol. The van der Waals surface area contributed by atoms with E-state index >= 15 is 0 Å². The van der Waals surface area contributed by atoms with Gasteiger partial charge in [0.25, 0.3) is 0 Å². The number of fused-ring (bicyclic) bond motifs is 1. The summed E-state index contributed by atoms with van der Waals surface area (Å²) in [5.74, 6) is 0.251. The molecule has 0 N–H and O–H groups in total. The Bertz CT molecular complexity index is 723. The van der Waals surface area contributed by atoms with Gasteiger partial charge < -0.3 is 0 Å². The lowest BCUT2D eigenvalue weighted by molar-refractivity contribution is 0.229. The van der Waals surface area contributed by atoms with Crippen LogP contribution in [0.2, 0.25) is 0 Å². The molecule has 0 radical (unpaired) electrons. The maximum atomic E-state index is 13.7. The molecule has 2 unspecified atom stereocenters. The molecule has 2 aliphatic rings. The van der Waals surface area contributed by atoms with E-state index in [1.807, 2.05) is 12.3 Å². The van der Waals surface area contributed by atoms with Gasteiger partial charge in [-0.05, 0) is 43.4 Å². The number of pyridine rings is 1. The van der Waals surface area contributed by atoms with E-state index in [1.165, 1.54) is 11.1 Å². The van der Waals surface area contributed by atoms with Crippen molar-refractivity contribution in [3.63, 3.8) is 0 Å². The van der Waals surface area contributed by atoms with Crippen molar-refractivity contribution < 1.29 is 4.39 Å². The molecule has 0 amide bonds. The van der Waals surface area contributed by atoms with Crippen LogP contribution in [-0.2, 0) is 6.54 Å². The molecule has 22 heavy (non-hydrogen) atoms. The van der Waals surface area contributed by atoms with E-state index < -0.39 is 6.17 Å². The summed E-state index contributed by atoms with van der Waals surface area (Å²) in [6, 6.07) is 12.5. The minimum absolute atomic E-state index is 0.251. The molecule has 1 aromatic heterocycles. The largest absolute Gasteiger partial charge is 0.279 e. The zero-order chi connectivity index (χ0) is 14.9. The second-order valence-electron chi connectivity index (χ2n) is 6.25. The Morgan fingerprint density at radius 1 is 1.09 bits per heavy atom. The van der Waals surface area contributed by atoms with Crippen molar-refractivity contribution in [3.8, 4) is 0 Å². The quantitative estimate of drug-likeness (QED) is 0.804. The topological polar surface area (TPSA) is 25.2 Å². The lowest BCUT2D eigenvalue weighted by Gasteiger charge is -2.24. The first-order chi connectivity index (χ1) is 10.8. The van der Waals surface area contributed by atoms with Crippen LogP contribution in [0.15, 0.2) is 47.6 Å². The molecule has 0 saturated heterocycles. The summed E-state index contributed by atoms with van der Waals surface area (Å²) in [7, 11) is 0. The van der Waals surface area contributed by atoms with E-state index in [-0.39, 0.29) is 5.92 Å². The number of benzene rings is 1. The van der Waals surface area contributed by atoms with Crippen molar-refractivity contribution in [3.05, 3.63) is 65.0 Å². The Kier molecular flexibility index (Phi) is 3.49. The van der Waals surface area contributed by atoms with E-state index in [2.05, 4.69) is 40.3 Å². The SMILES string of the molecule is FC1CCCC(c2cc(C3=NCc4ccccc43)ccn2)C1. The number of aliphatic imine (C=N–C) groups is 1. The molecule has 2 aromatic rings. The minimum atomic E-state index is -0.672. The summed E-state index contributed by atoms with van der Waals surface area (Å²) >= 11 is 0. The van der Waals surface area contributed by atoms with Crippen LogP contribution in [0.5, 0.6) is 0 Å². The molecule has 1 fully saturated rings. The molecule has 2 atom stereocenters. The molecule has 3 heteroatoms. The van der Waals surface area contributed by atoms with Crippen LogP contribution in [0.3, 0.4) is 0 Å². The van der Waals surface area contributed by atoms with E-state index in [0.717, 1.165) is 36.4 Å². The van der Waals surface area contributed by atoms with Crippen molar-refractivity contribution in [1.82, 2.24) is 4.98 Å². The standard InChI is InChI=1S/C19H19FN2/c20-16-6-3-5-13(10-16)18-11-14(8-9-21-18)19-17-7-2-1-4-15(17)12-22-19/h1-2,4,7-9,11,13,16H,3,5-6,10,12H2. The summed E-state index contributed by atoms with van der Waals surface area (Å²) in [4.78, 5) is 9.19. The van der Waals surface area contributed by atoms with Crippen LogP contribution in [-0.4, -0.2) is 16.9 Å².